The Labute approximate surface area is 210 Å². The number of Topliss-reactive ketones (excluding diaryl/α,β-unsaturated/α-hetero) is 2. The molecule has 6 nitrogen and oxygen atoms in total. The summed E-state index contributed by atoms with van der Waals surface area (Å²) in [5, 5.41) is 0.865. The second-order valence-electron chi connectivity index (χ2n) is 8.93. The van der Waals surface area contributed by atoms with Gasteiger partial charge in [-0.05, 0) is 42.3 Å². The van der Waals surface area contributed by atoms with Gasteiger partial charge in [-0.15, -0.1) is 0 Å². The highest BCUT2D eigenvalue weighted by atomic mass is 35.5. The van der Waals surface area contributed by atoms with E-state index in [-0.39, 0.29) is 11.1 Å². The third-order valence-electron chi connectivity index (χ3n) is 7.20. The van der Waals surface area contributed by atoms with E-state index in [1.807, 2.05) is 0 Å². The molecule has 0 bridgehead atoms. The van der Waals surface area contributed by atoms with Crippen LogP contribution in [0.25, 0.3) is 0 Å². The van der Waals surface area contributed by atoms with E-state index >= 15 is 0 Å². The maximum absolute atomic E-state index is 14.0. The molecule has 3 aromatic rings. The Morgan fingerprint density at radius 3 is 2.06 bits per heavy atom. The van der Waals surface area contributed by atoms with Crippen LogP contribution in [-0.4, -0.2) is 29.0 Å². The van der Waals surface area contributed by atoms with E-state index in [0.29, 0.717) is 26.9 Å². The molecule has 0 radical (unpaired) electrons. The van der Waals surface area contributed by atoms with Crippen LogP contribution < -0.4 is 4.90 Å². The van der Waals surface area contributed by atoms with Crippen LogP contribution in [0.4, 0.5) is 5.69 Å². The molecule has 2 amide bonds. The summed E-state index contributed by atoms with van der Waals surface area (Å²) in [4.78, 5) is 56.4. The lowest BCUT2D eigenvalue weighted by atomic mass is 9.77. The highest BCUT2D eigenvalue weighted by Gasteiger charge is 2.74. The topological polar surface area (TPSA) is 80.8 Å². The maximum atomic E-state index is 14.0. The molecule has 6 rings (SSSR count). The minimum atomic E-state index is -2.12. The molecule has 2 heterocycles. The van der Waals surface area contributed by atoms with Crippen LogP contribution in [0.3, 0.4) is 0 Å². The lowest BCUT2D eigenvalue weighted by Gasteiger charge is -2.27. The quantitative estimate of drug-likeness (QED) is 0.361. The predicted octanol–water partition coefficient (Wildman–Crippen LogP) is 5.00. The van der Waals surface area contributed by atoms with E-state index < -0.39 is 46.9 Å². The molecule has 35 heavy (non-hydrogen) atoms. The van der Waals surface area contributed by atoms with Gasteiger partial charge >= 0.3 is 0 Å². The van der Waals surface area contributed by atoms with Crippen molar-refractivity contribution in [1.29, 1.82) is 0 Å². The van der Waals surface area contributed by atoms with E-state index in [2.05, 4.69) is 0 Å². The number of nitrogens with zero attached hydrogens (tertiary/aromatic N) is 1. The van der Waals surface area contributed by atoms with E-state index in [1.54, 1.807) is 73.7 Å². The summed E-state index contributed by atoms with van der Waals surface area (Å²) in [6, 6.07) is 17.9. The lowest BCUT2D eigenvalue weighted by Crippen LogP contribution is -2.51. The minimum Gasteiger partial charge on any atom is -0.349 e. The van der Waals surface area contributed by atoms with Gasteiger partial charge in [-0.3, -0.25) is 19.2 Å². The van der Waals surface area contributed by atoms with Crippen molar-refractivity contribution in [2.24, 2.45) is 11.8 Å². The lowest BCUT2D eigenvalue weighted by molar-refractivity contribution is -0.127. The number of halogens is 2. The van der Waals surface area contributed by atoms with E-state index in [0.717, 1.165) is 4.90 Å². The van der Waals surface area contributed by atoms with Gasteiger partial charge in [0.05, 0.1) is 23.6 Å². The molecule has 8 heteroatoms. The number of benzene rings is 3. The van der Waals surface area contributed by atoms with Crippen LogP contribution in [0.2, 0.25) is 10.0 Å². The number of hydrogen-bond donors (Lipinski definition) is 0. The summed E-state index contributed by atoms with van der Waals surface area (Å²) in [5.41, 5.74) is -0.337. The first-order chi connectivity index (χ1) is 16.8. The number of amides is 2. The monoisotopic (exact) mass is 505 g/mol. The first kappa shape index (κ1) is 22.2. The highest BCUT2D eigenvalue weighted by molar-refractivity contribution is 6.37. The summed E-state index contributed by atoms with van der Waals surface area (Å²) in [6.45, 7) is 1.71. The molecule has 2 aliphatic heterocycles. The predicted molar refractivity (Wildman–Crippen MR) is 129 cm³/mol. The van der Waals surface area contributed by atoms with Gasteiger partial charge in [-0.25, -0.2) is 4.90 Å². The first-order valence-electron chi connectivity index (χ1n) is 11.0. The molecule has 0 saturated carbocycles. The molecular weight excluding hydrogens is 489 g/mol. The van der Waals surface area contributed by atoms with E-state index in [4.69, 9.17) is 27.9 Å². The SMILES string of the molecule is Cc1c(Cl)cccc1N1C(=O)[C@H]2[C@@H](c3ccc(Cl)cc3)OC3(C(=O)c4ccccc4C3=O)[C@@H]2C1=O. The second kappa shape index (κ2) is 7.59. The van der Waals surface area contributed by atoms with Crippen molar-refractivity contribution in [2.75, 3.05) is 4.90 Å². The number of carbonyl (C=O) groups excluding carboxylic acids is 4. The maximum Gasteiger partial charge on any atom is 0.241 e. The zero-order valence-electron chi connectivity index (χ0n) is 18.3. The Morgan fingerprint density at radius 2 is 1.43 bits per heavy atom. The number of imide groups is 1. The van der Waals surface area contributed by atoms with Gasteiger partial charge in [-0.1, -0.05) is 65.7 Å². The molecule has 174 valence electrons. The molecule has 0 unspecified atom stereocenters. The molecule has 3 aliphatic rings. The highest BCUT2D eigenvalue weighted by Crippen LogP contribution is 2.58. The molecule has 0 N–H and O–H groups in total. The smallest absolute Gasteiger partial charge is 0.241 e. The number of hydrogen-bond acceptors (Lipinski definition) is 5. The number of fused-ring (bicyclic) bond motifs is 3. The van der Waals surface area contributed by atoms with Crippen molar-refractivity contribution in [2.45, 2.75) is 18.6 Å². The van der Waals surface area contributed by atoms with Gasteiger partial charge in [0.2, 0.25) is 29.0 Å². The minimum absolute atomic E-state index is 0.186. The Bertz CT molecular complexity index is 1430. The molecule has 1 spiro atoms. The number of ether oxygens (including phenoxy) is 1. The largest absolute Gasteiger partial charge is 0.349 e. The molecule has 2 saturated heterocycles. The van der Waals surface area contributed by atoms with Crippen LogP contribution in [0.15, 0.2) is 66.7 Å². The Kier molecular flexibility index (Phi) is 4.81. The van der Waals surface area contributed by atoms with Crippen molar-refractivity contribution in [1.82, 2.24) is 0 Å². The van der Waals surface area contributed by atoms with Crippen LogP contribution in [0.5, 0.6) is 0 Å². The summed E-state index contributed by atoms with van der Waals surface area (Å²) < 4.78 is 6.25. The van der Waals surface area contributed by atoms with Crippen molar-refractivity contribution in [3.8, 4) is 0 Å². The number of rotatable bonds is 2. The molecular formula is C27H17Cl2NO5. The van der Waals surface area contributed by atoms with Crippen LogP contribution in [-0.2, 0) is 14.3 Å². The standard InChI is InChI=1S/C27H17Cl2NO5/c1-13-18(29)7-4-8-19(13)30-25(33)20-21(26(30)34)27(35-22(20)14-9-11-15(28)12-10-14)23(31)16-5-2-3-6-17(16)24(27)32/h2-12,20-22H,1H3/t20-,21+,22-/m1/s1. The van der Waals surface area contributed by atoms with Crippen molar-refractivity contribution in [3.05, 3.63) is 99.0 Å². The van der Waals surface area contributed by atoms with E-state index in [9.17, 15) is 19.2 Å². The Balaban J connectivity index is 1.56. The fraction of sp³-hybridized carbons (Fsp3) is 0.185. The Morgan fingerprint density at radius 1 is 0.800 bits per heavy atom. The van der Waals surface area contributed by atoms with Gasteiger partial charge in [-0.2, -0.15) is 0 Å². The molecule has 0 aromatic heterocycles. The average Bonchev–Trinajstić information content (AvgIpc) is 3.42. The van der Waals surface area contributed by atoms with Crippen LogP contribution >= 0.6 is 23.2 Å². The fourth-order valence-electron chi connectivity index (χ4n) is 5.55. The normalized spacial score (nSPS) is 24.4. The summed E-state index contributed by atoms with van der Waals surface area (Å²) in [6.07, 6.45) is -1.000. The number of carbonyl (C=O) groups is 4. The van der Waals surface area contributed by atoms with E-state index in [1.165, 1.54) is 0 Å². The van der Waals surface area contributed by atoms with Crippen molar-refractivity contribution in [3.63, 3.8) is 0 Å². The average molecular weight is 506 g/mol. The zero-order valence-corrected chi connectivity index (χ0v) is 19.8. The van der Waals surface area contributed by atoms with Gasteiger partial charge in [0.25, 0.3) is 0 Å². The van der Waals surface area contributed by atoms with Crippen molar-refractivity contribution >= 4 is 52.3 Å². The number of anilines is 1. The summed E-state index contributed by atoms with van der Waals surface area (Å²) in [7, 11) is 0. The molecule has 1 aliphatic carbocycles. The van der Waals surface area contributed by atoms with Crippen LogP contribution in [0, 0.1) is 18.8 Å². The number of ketones is 2. The Hall–Kier alpha value is -3.32. The van der Waals surface area contributed by atoms with Crippen molar-refractivity contribution < 1.29 is 23.9 Å². The van der Waals surface area contributed by atoms with Gasteiger partial charge in [0.1, 0.15) is 0 Å². The third kappa shape index (κ3) is 2.82. The van der Waals surface area contributed by atoms with Crippen LogP contribution in [0.1, 0.15) is 37.9 Å². The third-order valence-corrected chi connectivity index (χ3v) is 7.86. The van der Waals surface area contributed by atoms with Gasteiger partial charge in [0.15, 0.2) is 0 Å². The molecule has 3 aromatic carbocycles. The summed E-state index contributed by atoms with van der Waals surface area (Å²) in [5.74, 6) is -4.80. The zero-order chi connectivity index (χ0) is 24.6. The second-order valence-corrected chi connectivity index (χ2v) is 9.77. The molecule has 2 fully saturated rings. The molecule has 3 atom stereocenters. The fourth-order valence-corrected chi connectivity index (χ4v) is 5.84. The first-order valence-corrected chi connectivity index (χ1v) is 11.8. The van der Waals surface area contributed by atoms with Gasteiger partial charge < -0.3 is 4.74 Å². The summed E-state index contributed by atoms with van der Waals surface area (Å²) >= 11 is 12.3. The van der Waals surface area contributed by atoms with Gasteiger partial charge in [0, 0.05) is 21.2 Å².